The summed E-state index contributed by atoms with van der Waals surface area (Å²) >= 11 is 0. The standard InChI is InChI=1S/C52H76O2/c1-3-4-5-6-7-8-9-10-11-12-13-14-15-16-17-18-19-20-21-22-23-24-25-26-27-28-29-30-31-32-33-34-35-36-37-38-39-40-41-42-43-44-45-46-47-48-49-50-51-52(53)54-2/h4-5,7-8,11-12,14-15,18-19,21-22,25-26,28-29,32-33,35-36,39-40,42-43,46-47,49-50H,3,6,9-10,13,16-17,20,23-24,27,30-31,34,37-38,41,44-45,48,51H2,1-2H3/b5-4-,8-7-,12-11-,15-14-,19-18-,22-21-,26-25-,29-28-,33-32-,36-35-,40-39-,43-42-,47-46-,50-49-/i6D2,13D2,20D2,27D2,34D2,41D2,48D2. The summed E-state index contributed by atoms with van der Waals surface area (Å²) in [6.45, 7) is 1.95. The third-order valence-electron chi connectivity index (χ3n) is 6.74. The van der Waals surface area contributed by atoms with E-state index in [0.717, 1.165) is 6.42 Å². The van der Waals surface area contributed by atoms with Crippen molar-refractivity contribution in [3.05, 3.63) is 170 Å². The van der Waals surface area contributed by atoms with E-state index in [1.54, 1.807) is 79.0 Å². The summed E-state index contributed by atoms with van der Waals surface area (Å²) in [6, 6.07) is 0. The highest BCUT2D eigenvalue weighted by Crippen LogP contribution is 2.03. The van der Waals surface area contributed by atoms with Gasteiger partial charge in [0.05, 0.1) is 13.5 Å². The molecule has 0 rings (SSSR count). The van der Waals surface area contributed by atoms with Gasteiger partial charge in [0, 0.05) is 19.2 Å². The van der Waals surface area contributed by atoms with Crippen molar-refractivity contribution in [2.45, 2.75) is 141 Å². The van der Waals surface area contributed by atoms with E-state index in [9.17, 15) is 4.79 Å². The molecule has 0 radical (unpaired) electrons. The Morgan fingerprint density at radius 1 is 0.333 bits per heavy atom. The van der Waals surface area contributed by atoms with Crippen LogP contribution in [0.4, 0.5) is 0 Å². The molecule has 0 aromatic carbocycles. The molecule has 0 aliphatic heterocycles. The molecule has 2 nitrogen and oxygen atoms in total. The third kappa shape index (κ3) is 45.9. The average molecular weight is 747 g/mol. The lowest BCUT2D eigenvalue weighted by Gasteiger charge is -1.91. The molecule has 0 atom stereocenters. The van der Waals surface area contributed by atoms with Gasteiger partial charge in [0.25, 0.3) is 0 Å². The van der Waals surface area contributed by atoms with Crippen LogP contribution in [0.3, 0.4) is 0 Å². The minimum Gasteiger partial charge on any atom is -0.469 e. The second-order valence-corrected chi connectivity index (χ2v) is 11.5. The first-order chi connectivity index (χ1) is 31.8. The second-order valence-electron chi connectivity index (χ2n) is 11.5. The van der Waals surface area contributed by atoms with Crippen molar-refractivity contribution in [3.63, 3.8) is 0 Å². The van der Waals surface area contributed by atoms with Crippen LogP contribution in [0, 0.1) is 0 Å². The molecule has 0 heterocycles. The summed E-state index contributed by atoms with van der Waals surface area (Å²) in [4.78, 5) is 11.1. The first kappa shape index (κ1) is 30.1. The van der Waals surface area contributed by atoms with E-state index in [0.29, 0.717) is 77.0 Å². The van der Waals surface area contributed by atoms with Gasteiger partial charge < -0.3 is 4.74 Å². The van der Waals surface area contributed by atoms with E-state index >= 15 is 0 Å². The Morgan fingerprint density at radius 3 is 0.704 bits per heavy atom. The van der Waals surface area contributed by atoms with Crippen molar-refractivity contribution >= 4 is 5.97 Å². The summed E-state index contributed by atoms with van der Waals surface area (Å²) in [5.74, 6) is -0.446. The third-order valence-corrected chi connectivity index (χ3v) is 6.74. The van der Waals surface area contributed by atoms with Gasteiger partial charge in [-0.3, -0.25) is 4.79 Å². The maximum atomic E-state index is 11.1. The Morgan fingerprint density at radius 2 is 0.519 bits per heavy atom. The monoisotopic (exact) mass is 747 g/mol. The van der Waals surface area contributed by atoms with E-state index in [2.05, 4.69) is 4.74 Å². The first-order valence-corrected chi connectivity index (χ1v) is 19.3. The van der Waals surface area contributed by atoms with Gasteiger partial charge in [0.2, 0.25) is 0 Å². The van der Waals surface area contributed by atoms with Gasteiger partial charge in [-0.2, -0.15) is 0 Å². The summed E-state index contributed by atoms with van der Waals surface area (Å²) < 4.78 is 118. The number of carbonyl (C=O) groups is 1. The van der Waals surface area contributed by atoms with Crippen LogP contribution in [0.25, 0.3) is 0 Å². The van der Waals surface area contributed by atoms with Crippen LogP contribution in [0.5, 0.6) is 0 Å². The van der Waals surface area contributed by atoms with Crippen LogP contribution in [-0.2, 0) is 9.53 Å². The molecule has 0 amide bonds. The number of esters is 1. The highest BCUT2D eigenvalue weighted by molar-refractivity contribution is 5.70. The molecule has 0 aromatic heterocycles. The van der Waals surface area contributed by atoms with Crippen LogP contribution < -0.4 is 0 Å². The van der Waals surface area contributed by atoms with Gasteiger partial charge in [-0.15, -0.1) is 0 Å². The molecule has 0 spiro atoms. The summed E-state index contributed by atoms with van der Waals surface area (Å²) in [5, 5.41) is 0. The van der Waals surface area contributed by atoms with Crippen molar-refractivity contribution < 1.29 is 28.7 Å². The molecule has 0 bridgehead atoms. The topological polar surface area (TPSA) is 26.3 Å². The Kier molecular flexibility index (Phi) is 26.1. The van der Waals surface area contributed by atoms with E-state index in [1.807, 2.05) is 6.92 Å². The Bertz CT molecular complexity index is 1850. The minimum atomic E-state index is -1.70. The average Bonchev–Trinajstić information content (AvgIpc) is 3.24. The molecule has 0 N–H and O–H groups in total. The predicted octanol–water partition coefficient (Wildman–Crippen LogP) is 16.2. The number of hydrogen-bond acceptors (Lipinski definition) is 2. The van der Waals surface area contributed by atoms with Gasteiger partial charge in [0.15, 0.2) is 0 Å². The van der Waals surface area contributed by atoms with Crippen molar-refractivity contribution in [1.82, 2.24) is 0 Å². The van der Waals surface area contributed by atoms with Crippen molar-refractivity contribution in [2.24, 2.45) is 0 Å². The van der Waals surface area contributed by atoms with E-state index in [-0.39, 0.29) is 6.42 Å². The van der Waals surface area contributed by atoms with Crippen LogP contribution in [0.15, 0.2) is 170 Å². The van der Waals surface area contributed by atoms with E-state index in [1.165, 1.54) is 98.3 Å². The molecule has 296 valence electrons. The Labute approximate surface area is 353 Å². The van der Waals surface area contributed by atoms with Crippen LogP contribution >= 0.6 is 0 Å². The summed E-state index contributed by atoms with van der Waals surface area (Å²) in [6.07, 6.45) is 40.2. The minimum absolute atomic E-state index is 0.00523. The quantitative estimate of drug-likeness (QED) is 0.0367. The Balaban J connectivity index is 4.51. The summed E-state index contributed by atoms with van der Waals surface area (Å²) in [7, 11) is 1.27. The van der Waals surface area contributed by atoms with E-state index < -0.39 is 50.6 Å². The van der Waals surface area contributed by atoms with Crippen LogP contribution in [0.2, 0.25) is 0 Å². The normalized spacial score (nSPS) is 19.3. The molecule has 2 heteroatoms. The molecule has 0 fully saturated rings. The molecule has 0 saturated heterocycles. The lowest BCUT2D eigenvalue weighted by molar-refractivity contribution is -0.139. The number of allylic oxidation sites excluding steroid dienone is 27. The van der Waals surface area contributed by atoms with Crippen LogP contribution in [-0.4, -0.2) is 13.1 Å². The fraction of sp³-hybridized carbons (Fsp3) is 0.442. The highest BCUT2D eigenvalue weighted by Gasteiger charge is 1.92. The maximum Gasteiger partial charge on any atom is 0.309 e. The molecular formula is C52H76O2. The summed E-state index contributed by atoms with van der Waals surface area (Å²) in [5.41, 5.74) is 0. The zero-order valence-corrected chi connectivity index (χ0v) is 32.9. The van der Waals surface area contributed by atoms with Gasteiger partial charge in [-0.25, -0.2) is 0 Å². The lowest BCUT2D eigenvalue weighted by atomic mass is 10.2. The lowest BCUT2D eigenvalue weighted by Crippen LogP contribution is -1.96. The van der Waals surface area contributed by atoms with Gasteiger partial charge in [0.1, 0.15) is 0 Å². The number of rotatable bonds is 35. The SMILES string of the molecule is [2H]C([2H])(/C=C\CC)/C=C\CC/C=C\C([2H])([2H])/C=C\CC/C=C\C([2H])([2H])/C=C\CC/C=C\C([2H])([2H])/C=C\CC/C=C\C([2H])([2H])/C=C\CC/C=C\C([2H])([2H])/C=C\CC/C=C\C([2H])([2H])/C=C\CC(=O)OC. The molecule has 0 saturated carbocycles. The number of carbonyl (C=O) groups excluding carboxylic acids is 1. The first-order valence-electron chi connectivity index (χ1n) is 26.3. The van der Waals surface area contributed by atoms with Crippen molar-refractivity contribution in [2.75, 3.05) is 7.11 Å². The zero-order chi connectivity index (χ0) is 51.5. The second kappa shape index (κ2) is 46.9. The largest absolute Gasteiger partial charge is 0.469 e. The zero-order valence-electron chi connectivity index (χ0n) is 46.9. The predicted molar refractivity (Wildman–Crippen MR) is 243 cm³/mol. The van der Waals surface area contributed by atoms with E-state index in [4.69, 9.17) is 19.2 Å². The number of hydrogen-bond donors (Lipinski definition) is 0. The molecule has 0 aliphatic carbocycles. The highest BCUT2D eigenvalue weighted by atomic mass is 16.5. The van der Waals surface area contributed by atoms with Gasteiger partial charge in [-0.05, 0) is 128 Å². The Hall–Kier alpha value is -4.17. The number of ether oxygens (including phenoxy) is 1. The fourth-order valence-electron chi connectivity index (χ4n) is 3.85. The number of unbranched alkanes of at least 4 members (excludes halogenated alkanes) is 6. The smallest absolute Gasteiger partial charge is 0.309 e. The van der Waals surface area contributed by atoms with Crippen molar-refractivity contribution in [1.29, 1.82) is 0 Å². The van der Waals surface area contributed by atoms with Gasteiger partial charge in [-0.1, -0.05) is 177 Å². The molecule has 0 aliphatic rings. The molecule has 54 heavy (non-hydrogen) atoms. The van der Waals surface area contributed by atoms with Gasteiger partial charge >= 0.3 is 5.97 Å². The van der Waals surface area contributed by atoms with Crippen LogP contribution in [0.1, 0.15) is 161 Å². The number of methoxy groups -OCH3 is 1. The molecule has 0 aromatic rings. The maximum absolute atomic E-state index is 11.1. The molecule has 0 unspecified atom stereocenters. The van der Waals surface area contributed by atoms with Crippen molar-refractivity contribution in [3.8, 4) is 0 Å². The molecular weight excluding hydrogens is 657 g/mol. The fourth-order valence-corrected chi connectivity index (χ4v) is 3.85.